The highest BCUT2D eigenvalue weighted by Gasteiger charge is 2.03. The van der Waals surface area contributed by atoms with Gasteiger partial charge in [0.2, 0.25) is 0 Å². The number of hydrogen-bond donors (Lipinski definition) is 0. The molecule has 0 unspecified atom stereocenters. The highest BCUT2D eigenvalue weighted by Crippen LogP contribution is 2.34. The Kier molecular flexibility index (Phi) is 2.54. The van der Waals surface area contributed by atoms with E-state index in [9.17, 15) is 0 Å². The molecule has 0 saturated carbocycles. The number of fused-ring (bicyclic) bond motifs is 1. The normalized spacial score (nSPS) is 10.8. The van der Waals surface area contributed by atoms with E-state index in [1.807, 2.05) is 17.4 Å². The number of halogens is 1. The Morgan fingerprint density at radius 3 is 2.50 bits per heavy atom. The summed E-state index contributed by atoms with van der Waals surface area (Å²) in [7, 11) is 0. The molecule has 2 heteroatoms. The third-order valence-corrected chi connectivity index (χ3v) is 4.18. The molecule has 78 valence electrons. The lowest BCUT2D eigenvalue weighted by atomic mass is 10.1. The summed E-state index contributed by atoms with van der Waals surface area (Å²) < 4.78 is 2.47. The van der Waals surface area contributed by atoms with Crippen molar-refractivity contribution in [1.29, 1.82) is 0 Å². The molecule has 16 heavy (non-hydrogen) atoms. The summed E-state index contributed by atoms with van der Waals surface area (Å²) in [6.07, 6.45) is 0. The van der Waals surface area contributed by atoms with Crippen molar-refractivity contribution in [3.63, 3.8) is 0 Å². The van der Waals surface area contributed by atoms with Gasteiger partial charge in [-0.3, -0.25) is 0 Å². The fourth-order valence-corrected chi connectivity index (χ4v) is 3.37. The van der Waals surface area contributed by atoms with Gasteiger partial charge in [-0.15, -0.1) is 11.3 Å². The van der Waals surface area contributed by atoms with E-state index >= 15 is 0 Å². The van der Waals surface area contributed by atoms with E-state index in [0.717, 1.165) is 4.47 Å². The van der Waals surface area contributed by atoms with Crippen LogP contribution in [0.25, 0.3) is 20.5 Å². The molecule has 0 atom stereocenters. The van der Waals surface area contributed by atoms with E-state index in [4.69, 9.17) is 0 Å². The Balaban J connectivity index is 2.19. The zero-order valence-corrected chi connectivity index (χ0v) is 10.9. The van der Waals surface area contributed by atoms with Crippen LogP contribution in [0.4, 0.5) is 0 Å². The Hall–Kier alpha value is -1.12. The summed E-state index contributed by atoms with van der Waals surface area (Å²) in [4.78, 5) is 1.33. The molecule has 0 saturated heterocycles. The van der Waals surface area contributed by atoms with Gasteiger partial charge in [0.15, 0.2) is 0 Å². The van der Waals surface area contributed by atoms with Crippen molar-refractivity contribution in [3.8, 4) is 10.4 Å². The van der Waals surface area contributed by atoms with Crippen LogP contribution in [0.3, 0.4) is 0 Å². The average molecular weight is 289 g/mol. The fraction of sp³-hybridized carbons (Fsp3) is 0. The van der Waals surface area contributed by atoms with Gasteiger partial charge in [-0.2, -0.15) is 0 Å². The second kappa shape index (κ2) is 4.04. The maximum atomic E-state index is 3.50. The predicted molar refractivity (Wildman–Crippen MR) is 75.0 cm³/mol. The molecule has 2 aromatic carbocycles. The van der Waals surface area contributed by atoms with Crippen LogP contribution < -0.4 is 0 Å². The molecule has 0 N–H and O–H groups in total. The van der Waals surface area contributed by atoms with Crippen LogP contribution in [0.1, 0.15) is 0 Å². The van der Waals surface area contributed by atoms with Gasteiger partial charge in [0.25, 0.3) is 0 Å². The lowest BCUT2D eigenvalue weighted by Crippen LogP contribution is -1.67. The van der Waals surface area contributed by atoms with Gasteiger partial charge in [0.1, 0.15) is 0 Å². The summed E-state index contributed by atoms with van der Waals surface area (Å²) in [5, 5.41) is 1.31. The van der Waals surface area contributed by atoms with E-state index in [1.165, 1.54) is 20.5 Å². The summed E-state index contributed by atoms with van der Waals surface area (Å²) in [5.74, 6) is 0. The monoisotopic (exact) mass is 288 g/mol. The average Bonchev–Trinajstić information content (AvgIpc) is 2.73. The molecule has 1 aromatic heterocycles. The van der Waals surface area contributed by atoms with Gasteiger partial charge in [0, 0.05) is 14.0 Å². The Bertz CT molecular complexity index is 626. The molecule has 0 radical (unpaired) electrons. The largest absolute Gasteiger partial charge is 0.135 e. The van der Waals surface area contributed by atoms with Crippen LogP contribution in [0.15, 0.2) is 59.1 Å². The zero-order valence-electron chi connectivity index (χ0n) is 8.48. The maximum Gasteiger partial charge on any atom is 0.0360 e. The minimum Gasteiger partial charge on any atom is -0.135 e. The minimum atomic E-state index is 1.14. The molecule has 0 nitrogen and oxygen atoms in total. The van der Waals surface area contributed by atoms with Crippen molar-refractivity contribution in [2.45, 2.75) is 0 Å². The topological polar surface area (TPSA) is 0 Å². The van der Waals surface area contributed by atoms with Crippen molar-refractivity contribution >= 4 is 37.4 Å². The number of thiophene rings is 1. The van der Waals surface area contributed by atoms with Gasteiger partial charge < -0.3 is 0 Å². The molecule has 0 aliphatic rings. The smallest absolute Gasteiger partial charge is 0.0360 e. The molecule has 0 fully saturated rings. The van der Waals surface area contributed by atoms with E-state index in [2.05, 4.69) is 64.5 Å². The van der Waals surface area contributed by atoms with Gasteiger partial charge in [-0.05, 0) is 29.1 Å². The summed E-state index contributed by atoms with van der Waals surface area (Å²) in [6, 6.07) is 19.2. The van der Waals surface area contributed by atoms with Gasteiger partial charge in [0.05, 0.1) is 0 Å². The number of benzene rings is 2. The van der Waals surface area contributed by atoms with E-state index in [1.54, 1.807) is 0 Å². The molecule has 0 aliphatic carbocycles. The first kappa shape index (κ1) is 10.1. The van der Waals surface area contributed by atoms with Gasteiger partial charge in [-0.25, -0.2) is 0 Å². The van der Waals surface area contributed by atoms with Crippen LogP contribution in [-0.2, 0) is 0 Å². The molecule has 1 heterocycles. The molecule has 0 bridgehead atoms. The van der Waals surface area contributed by atoms with E-state index in [-0.39, 0.29) is 0 Å². The predicted octanol–water partition coefficient (Wildman–Crippen LogP) is 5.33. The molecule has 0 spiro atoms. The number of rotatable bonds is 1. The SMILES string of the molecule is Brc1ccc2cc(-c3ccccc3)sc2c1. The Morgan fingerprint density at radius 2 is 1.69 bits per heavy atom. The molecule has 0 aliphatic heterocycles. The standard InChI is InChI=1S/C14H9BrS/c15-12-7-6-11-8-13(16-14(11)9-12)10-4-2-1-3-5-10/h1-9H. The summed E-state index contributed by atoms with van der Waals surface area (Å²) in [5.41, 5.74) is 1.29. The fourth-order valence-electron chi connectivity index (χ4n) is 1.75. The zero-order chi connectivity index (χ0) is 11.0. The lowest BCUT2D eigenvalue weighted by Gasteiger charge is -1.93. The summed E-state index contributed by atoms with van der Waals surface area (Å²) in [6.45, 7) is 0. The van der Waals surface area contributed by atoms with Crippen molar-refractivity contribution in [1.82, 2.24) is 0 Å². The van der Waals surface area contributed by atoms with E-state index in [0.29, 0.717) is 0 Å². The Labute approximate surface area is 107 Å². The van der Waals surface area contributed by atoms with Gasteiger partial charge in [-0.1, -0.05) is 52.3 Å². The first-order chi connectivity index (χ1) is 7.83. The highest BCUT2D eigenvalue weighted by atomic mass is 79.9. The molecular weight excluding hydrogens is 280 g/mol. The molecule has 3 aromatic rings. The molecule has 3 rings (SSSR count). The van der Waals surface area contributed by atoms with Crippen molar-refractivity contribution < 1.29 is 0 Å². The van der Waals surface area contributed by atoms with Crippen LogP contribution >= 0.6 is 27.3 Å². The van der Waals surface area contributed by atoms with E-state index < -0.39 is 0 Å². The third-order valence-electron chi connectivity index (χ3n) is 2.54. The summed E-state index contributed by atoms with van der Waals surface area (Å²) >= 11 is 5.34. The van der Waals surface area contributed by atoms with Crippen LogP contribution in [0.2, 0.25) is 0 Å². The second-order valence-corrected chi connectivity index (χ2v) is 5.66. The quantitative estimate of drug-likeness (QED) is 0.568. The first-order valence-corrected chi connectivity index (χ1v) is 6.68. The second-order valence-electron chi connectivity index (χ2n) is 3.66. The highest BCUT2D eigenvalue weighted by molar-refractivity contribution is 9.10. The third kappa shape index (κ3) is 1.79. The van der Waals surface area contributed by atoms with Gasteiger partial charge >= 0.3 is 0 Å². The van der Waals surface area contributed by atoms with Crippen LogP contribution in [0.5, 0.6) is 0 Å². The maximum absolute atomic E-state index is 3.50. The van der Waals surface area contributed by atoms with Crippen LogP contribution in [-0.4, -0.2) is 0 Å². The molecule has 0 amide bonds. The van der Waals surface area contributed by atoms with Crippen LogP contribution in [0, 0.1) is 0 Å². The van der Waals surface area contributed by atoms with Crippen molar-refractivity contribution in [2.24, 2.45) is 0 Å². The molecular formula is C14H9BrS. The lowest BCUT2D eigenvalue weighted by molar-refractivity contribution is 1.70. The minimum absolute atomic E-state index is 1.14. The number of hydrogen-bond acceptors (Lipinski definition) is 1. The van der Waals surface area contributed by atoms with Crippen molar-refractivity contribution in [3.05, 3.63) is 59.1 Å². The first-order valence-electron chi connectivity index (χ1n) is 5.07. The Morgan fingerprint density at radius 1 is 0.875 bits per heavy atom. The van der Waals surface area contributed by atoms with Crippen molar-refractivity contribution in [2.75, 3.05) is 0 Å².